The average Bonchev–Trinajstić information content (AvgIpc) is 2.78. The lowest BCUT2D eigenvalue weighted by Crippen LogP contribution is -2.17. The molecule has 2 amide bonds. The second-order valence-electron chi connectivity index (χ2n) is 6.88. The number of hydrogen-bond donors (Lipinski definition) is 5. The highest BCUT2D eigenvalue weighted by Gasteiger charge is 2.05. The molecule has 0 aliphatic heterocycles. The van der Waals surface area contributed by atoms with E-state index in [9.17, 15) is 9.59 Å². The monoisotopic (exact) mass is 430 g/mol. The van der Waals surface area contributed by atoms with Crippen LogP contribution in [0.25, 0.3) is 0 Å². The topological polar surface area (TPSA) is 138 Å². The summed E-state index contributed by atoms with van der Waals surface area (Å²) in [5, 5.41) is 17.6. The Morgan fingerprint density at radius 1 is 0.968 bits per heavy atom. The predicted molar refractivity (Wildman–Crippen MR) is 118 cm³/mol. The van der Waals surface area contributed by atoms with E-state index in [1.54, 1.807) is 24.9 Å². The van der Waals surface area contributed by atoms with Crippen molar-refractivity contribution in [2.75, 3.05) is 36.2 Å². The number of benzene rings is 1. The maximum Gasteiger partial charge on any atom is 0.243 e. The Kier molecular flexibility index (Phi) is 10.8. The molecule has 1 aromatic heterocycles. The van der Waals surface area contributed by atoms with Crippen LogP contribution in [-0.4, -0.2) is 47.3 Å². The van der Waals surface area contributed by atoms with Crippen molar-refractivity contribution < 1.29 is 19.5 Å². The van der Waals surface area contributed by atoms with Gasteiger partial charge in [0.15, 0.2) is 0 Å². The second-order valence-corrected chi connectivity index (χ2v) is 6.88. The normalized spacial score (nSPS) is 10.4. The van der Waals surface area contributed by atoms with Gasteiger partial charge in [-0.15, -0.1) is 0 Å². The number of hydroxylamine groups is 1. The summed E-state index contributed by atoms with van der Waals surface area (Å²) in [6.07, 6.45) is 5.52. The van der Waals surface area contributed by atoms with E-state index in [0.29, 0.717) is 49.9 Å². The lowest BCUT2D eigenvalue weighted by Gasteiger charge is -2.09. The Balaban J connectivity index is 1.71. The first kappa shape index (κ1) is 24.0. The molecular weight excluding hydrogens is 400 g/mol. The van der Waals surface area contributed by atoms with Gasteiger partial charge in [0, 0.05) is 44.1 Å². The quantitative estimate of drug-likeness (QED) is 0.175. The number of hydrogen-bond acceptors (Lipinski definition) is 8. The minimum absolute atomic E-state index is 0.0491. The number of carbonyl (C=O) groups is 2. The van der Waals surface area contributed by atoms with Crippen LogP contribution in [0.2, 0.25) is 0 Å². The van der Waals surface area contributed by atoms with Crippen molar-refractivity contribution in [3.63, 3.8) is 0 Å². The number of ether oxygens (including phenoxy) is 1. The Morgan fingerprint density at radius 3 is 2.32 bits per heavy atom. The number of anilines is 4. The standard InChI is InChI=1S/C21H30N6O4/c1-31-15-14-22-18-12-13-23-21(26-18)25-17-10-8-16(9-11-17)24-19(28)6-4-2-3-5-7-20(29)27-30/h8-13,30H,2-7,14-15H2,1H3,(H,24,28)(H,27,29)(H2,22,23,25,26). The van der Waals surface area contributed by atoms with Gasteiger partial charge in [0.1, 0.15) is 5.82 Å². The molecule has 10 nitrogen and oxygen atoms in total. The van der Waals surface area contributed by atoms with E-state index in [1.165, 1.54) is 0 Å². The van der Waals surface area contributed by atoms with Crippen LogP contribution >= 0.6 is 0 Å². The number of aromatic nitrogens is 2. The van der Waals surface area contributed by atoms with Crippen molar-refractivity contribution in [1.82, 2.24) is 15.4 Å². The molecule has 0 saturated carbocycles. The zero-order valence-corrected chi connectivity index (χ0v) is 17.7. The number of unbranched alkanes of at least 4 members (excludes halogenated alkanes) is 3. The summed E-state index contributed by atoms with van der Waals surface area (Å²) >= 11 is 0. The highest BCUT2D eigenvalue weighted by atomic mass is 16.5. The fourth-order valence-electron chi connectivity index (χ4n) is 2.77. The van der Waals surface area contributed by atoms with Crippen LogP contribution in [0.4, 0.5) is 23.1 Å². The first-order valence-corrected chi connectivity index (χ1v) is 10.3. The number of amides is 2. The number of rotatable bonds is 14. The lowest BCUT2D eigenvalue weighted by molar-refractivity contribution is -0.129. The second kappa shape index (κ2) is 13.9. The number of carbonyl (C=O) groups excluding carboxylic acids is 2. The van der Waals surface area contributed by atoms with Crippen LogP contribution in [0.5, 0.6) is 0 Å². The molecule has 0 unspecified atom stereocenters. The molecular formula is C21H30N6O4. The third-order valence-electron chi connectivity index (χ3n) is 4.38. The highest BCUT2D eigenvalue weighted by molar-refractivity contribution is 5.90. The van der Waals surface area contributed by atoms with Gasteiger partial charge in [-0.05, 0) is 43.2 Å². The van der Waals surface area contributed by atoms with Gasteiger partial charge in [0.05, 0.1) is 6.61 Å². The SMILES string of the molecule is COCCNc1ccnc(Nc2ccc(NC(=O)CCCCCCC(=O)NO)cc2)n1. The molecule has 168 valence electrons. The molecule has 2 rings (SSSR count). The van der Waals surface area contributed by atoms with E-state index in [0.717, 1.165) is 24.9 Å². The molecule has 10 heteroatoms. The molecule has 1 aromatic carbocycles. The largest absolute Gasteiger partial charge is 0.383 e. The molecule has 31 heavy (non-hydrogen) atoms. The molecule has 0 fully saturated rings. The number of nitrogens with one attached hydrogen (secondary N) is 4. The summed E-state index contributed by atoms with van der Waals surface area (Å²) in [6.45, 7) is 1.24. The Morgan fingerprint density at radius 2 is 1.65 bits per heavy atom. The summed E-state index contributed by atoms with van der Waals surface area (Å²) in [6, 6.07) is 9.10. The summed E-state index contributed by atoms with van der Waals surface area (Å²) in [5.74, 6) is 0.742. The molecule has 2 aromatic rings. The molecule has 0 bridgehead atoms. The third kappa shape index (κ3) is 9.87. The zero-order chi connectivity index (χ0) is 22.3. The van der Waals surface area contributed by atoms with Crippen LogP contribution in [0.1, 0.15) is 38.5 Å². The first-order chi connectivity index (χ1) is 15.1. The molecule has 0 aliphatic carbocycles. The van der Waals surface area contributed by atoms with Gasteiger partial charge < -0.3 is 20.7 Å². The van der Waals surface area contributed by atoms with E-state index in [1.807, 2.05) is 24.3 Å². The minimum atomic E-state index is -0.381. The maximum absolute atomic E-state index is 12.1. The highest BCUT2D eigenvalue weighted by Crippen LogP contribution is 2.18. The van der Waals surface area contributed by atoms with Gasteiger partial charge >= 0.3 is 0 Å². The van der Waals surface area contributed by atoms with Crippen molar-refractivity contribution in [1.29, 1.82) is 0 Å². The third-order valence-corrected chi connectivity index (χ3v) is 4.38. The van der Waals surface area contributed by atoms with Crippen LogP contribution in [0.15, 0.2) is 36.5 Å². The molecule has 1 heterocycles. The van der Waals surface area contributed by atoms with E-state index >= 15 is 0 Å². The van der Waals surface area contributed by atoms with Crippen LogP contribution in [0.3, 0.4) is 0 Å². The minimum Gasteiger partial charge on any atom is -0.383 e. The van der Waals surface area contributed by atoms with Gasteiger partial charge in [-0.2, -0.15) is 4.98 Å². The zero-order valence-electron chi connectivity index (χ0n) is 17.7. The van der Waals surface area contributed by atoms with Gasteiger partial charge in [-0.3, -0.25) is 14.8 Å². The van der Waals surface area contributed by atoms with Crippen molar-refractivity contribution in [2.24, 2.45) is 0 Å². The van der Waals surface area contributed by atoms with Crippen LogP contribution in [0, 0.1) is 0 Å². The predicted octanol–water partition coefficient (Wildman–Crippen LogP) is 3.06. The number of methoxy groups -OCH3 is 1. The van der Waals surface area contributed by atoms with Gasteiger partial charge in [0.25, 0.3) is 0 Å². The Hall–Kier alpha value is -3.24. The van der Waals surface area contributed by atoms with Crippen molar-refractivity contribution in [3.8, 4) is 0 Å². The number of nitrogens with zero attached hydrogens (tertiary/aromatic N) is 2. The fraction of sp³-hybridized carbons (Fsp3) is 0.429. The van der Waals surface area contributed by atoms with Crippen molar-refractivity contribution in [3.05, 3.63) is 36.5 Å². The maximum atomic E-state index is 12.1. The molecule has 0 radical (unpaired) electrons. The lowest BCUT2D eigenvalue weighted by atomic mass is 10.1. The van der Waals surface area contributed by atoms with E-state index < -0.39 is 0 Å². The summed E-state index contributed by atoms with van der Waals surface area (Å²) in [4.78, 5) is 31.6. The Bertz CT molecular complexity index is 816. The molecule has 0 aliphatic rings. The molecule has 0 saturated heterocycles. The smallest absolute Gasteiger partial charge is 0.243 e. The summed E-state index contributed by atoms with van der Waals surface area (Å²) in [5.41, 5.74) is 3.13. The van der Waals surface area contributed by atoms with Crippen molar-refractivity contribution >= 4 is 35.0 Å². The van der Waals surface area contributed by atoms with Crippen molar-refractivity contribution in [2.45, 2.75) is 38.5 Å². The molecule has 5 N–H and O–H groups in total. The van der Waals surface area contributed by atoms with Gasteiger partial charge in [-0.25, -0.2) is 10.5 Å². The van der Waals surface area contributed by atoms with E-state index in [2.05, 4.69) is 25.9 Å². The fourth-order valence-corrected chi connectivity index (χ4v) is 2.77. The van der Waals surface area contributed by atoms with Gasteiger partial charge in [-0.1, -0.05) is 12.8 Å². The molecule has 0 spiro atoms. The first-order valence-electron chi connectivity index (χ1n) is 10.3. The summed E-state index contributed by atoms with van der Waals surface area (Å²) in [7, 11) is 1.64. The van der Waals surface area contributed by atoms with E-state index in [4.69, 9.17) is 9.94 Å². The van der Waals surface area contributed by atoms with E-state index in [-0.39, 0.29) is 11.8 Å². The average molecular weight is 431 g/mol. The van der Waals surface area contributed by atoms with Crippen LogP contribution < -0.4 is 21.4 Å². The molecule has 0 atom stereocenters. The van der Waals surface area contributed by atoms with Crippen LogP contribution in [-0.2, 0) is 14.3 Å². The Labute approximate surface area is 181 Å². The van der Waals surface area contributed by atoms with Gasteiger partial charge in [0.2, 0.25) is 17.8 Å². The summed E-state index contributed by atoms with van der Waals surface area (Å²) < 4.78 is 5.00.